The molecule has 17 heavy (non-hydrogen) atoms. The van der Waals surface area contributed by atoms with Crippen LogP contribution in [0.5, 0.6) is 5.75 Å². The molecule has 0 fully saturated rings. The van der Waals surface area contributed by atoms with E-state index in [4.69, 9.17) is 0 Å². The van der Waals surface area contributed by atoms with Gasteiger partial charge in [0, 0.05) is 11.6 Å². The Kier molecular flexibility index (Phi) is 4.12. The van der Waals surface area contributed by atoms with Crippen LogP contribution in [0.4, 0.5) is 0 Å². The molecule has 3 nitrogen and oxygen atoms in total. The van der Waals surface area contributed by atoms with E-state index < -0.39 is 0 Å². The van der Waals surface area contributed by atoms with Gasteiger partial charge in [-0.2, -0.15) is 0 Å². The lowest BCUT2D eigenvalue weighted by Crippen LogP contribution is -2.21. The molecule has 1 aromatic carbocycles. The Labute approximate surface area is 105 Å². The van der Waals surface area contributed by atoms with E-state index >= 15 is 0 Å². The van der Waals surface area contributed by atoms with E-state index in [0.717, 1.165) is 18.0 Å². The highest BCUT2D eigenvalue weighted by Crippen LogP contribution is 2.15. The van der Waals surface area contributed by atoms with Crippen molar-refractivity contribution in [2.75, 3.05) is 6.54 Å². The molecule has 1 unspecified atom stereocenters. The first-order valence-electron chi connectivity index (χ1n) is 5.66. The van der Waals surface area contributed by atoms with Crippen molar-refractivity contribution < 1.29 is 5.11 Å². The second-order valence-corrected chi connectivity index (χ2v) is 4.89. The first-order chi connectivity index (χ1) is 8.25. The lowest BCUT2D eigenvalue weighted by Gasteiger charge is -2.10. The molecule has 0 amide bonds. The summed E-state index contributed by atoms with van der Waals surface area (Å²) >= 11 is 1.67. The maximum Gasteiger partial charge on any atom is 0.115 e. The van der Waals surface area contributed by atoms with Gasteiger partial charge in [-0.1, -0.05) is 12.1 Å². The van der Waals surface area contributed by atoms with Gasteiger partial charge in [-0.15, -0.1) is 11.3 Å². The molecule has 4 heteroatoms. The standard InChI is InChI=1S/C13H16N2OS/c1-10(13-15-8-9-17-13)14-7-6-11-2-4-12(16)5-3-11/h2-5,8-10,14,16H,6-7H2,1H3. The van der Waals surface area contributed by atoms with Gasteiger partial charge in [-0.05, 0) is 37.6 Å². The van der Waals surface area contributed by atoms with Gasteiger partial charge >= 0.3 is 0 Å². The van der Waals surface area contributed by atoms with Gasteiger partial charge in [0.25, 0.3) is 0 Å². The second kappa shape index (κ2) is 5.80. The van der Waals surface area contributed by atoms with Gasteiger partial charge in [0.15, 0.2) is 0 Å². The van der Waals surface area contributed by atoms with E-state index in [1.54, 1.807) is 23.5 Å². The van der Waals surface area contributed by atoms with Gasteiger partial charge in [0.2, 0.25) is 0 Å². The second-order valence-electron chi connectivity index (χ2n) is 3.96. The fourth-order valence-electron chi connectivity index (χ4n) is 1.63. The van der Waals surface area contributed by atoms with Crippen LogP contribution in [0.3, 0.4) is 0 Å². The molecule has 0 bridgehead atoms. The quantitative estimate of drug-likeness (QED) is 0.855. The van der Waals surface area contributed by atoms with Crippen LogP contribution in [0.25, 0.3) is 0 Å². The minimum Gasteiger partial charge on any atom is -0.508 e. The smallest absolute Gasteiger partial charge is 0.115 e. The van der Waals surface area contributed by atoms with Crippen molar-refractivity contribution in [1.29, 1.82) is 0 Å². The minimum absolute atomic E-state index is 0.298. The number of phenols is 1. The molecule has 90 valence electrons. The Bertz CT molecular complexity index is 439. The van der Waals surface area contributed by atoms with E-state index in [-0.39, 0.29) is 0 Å². The van der Waals surface area contributed by atoms with Crippen LogP contribution in [0.15, 0.2) is 35.8 Å². The van der Waals surface area contributed by atoms with E-state index in [1.807, 2.05) is 23.7 Å². The first kappa shape index (κ1) is 12.1. The van der Waals surface area contributed by atoms with Gasteiger partial charge in [-0.3, -0.25) is 0 Å². The lowest BCUT2D eigenvalue weighted by atomic mass is 10.1. The molecular weight excluding hydrogens is 232 g/mol. The first-order valence-corrected chi connectivity index (χ1v) is 6.54. The van der Waals surface area contributed by atoms with E-state index in [2.05, 4.69) is 17.2 Å². The number of nitrogens with zero attached hydrogens (tertiary/aromatic N) is 1. The Balaban J connectivity index is 1.78. The third-order valence-electron chi connectivity index (χ3n) is 2.62. The highest BCUT2D eigenvalue weighted by molar-refractivity contribution is 7.09. The summed E-state index contributed by atoms with van der Waals surface area (Å²) in [6, 6.07) is 7.64. The normalized spacial score (nSPS) is 12.5. The molecule has 0 aliphatic rings. The average molecular weight is 248 g/mol. The molecule has 0 aliphatic carbocycles. The summed E-state index contributed by atoms with van der Waals surface area (Å²) in [4.78, 5) is 4.28. The number of rotatable bonds is 5. The molecule has 0 saturated heterocycles. The fraction of sp³-hybridized carbons (Fsp3) is 0.308. The average Bonchev–Trinajstić information content (AvgIpc) is 2.85. The summed E-state index contributed by atoms with van der Waals surface area (Å²) in [6.45, 7) is 3.03. The molecule has 0 aliphatic heterocycles. The molecule has 0 radical (unpaired) electrons. The Morgan fingerprint density at radius 2 is 2.12 bits per heavy atom. The van der Waals surface area contributed by atoms with Gasteiger partial charge in [0.1, 0.15) is 10.8 Å². The van der Waals surface area contributed by atoms with E-state index in [9.17, 15) is 5.11 Å². The maximum absolute atomic E-state index is 9.17. The zero-order valence-corrected chi connectivity index (χ0v) is 10.6. The van der Waals surface area contributed by atoms with Crippen molar-refractivity contribution in [3.63, 3.8) is 0 Å². The van der Waals surface area contributed by atoms with Crippen LogP contribution < -0.4 is 5.32 Å². The van der Waals surface area contributed by atoms with Gasteiger partial charge < -0.3 is 10.4 Å². The predicted molar refractivity (Wildman–Crippen MR) is 70.3 cm³/mol. The maximum atomic E-state index is 9.17. The SMILES string of the molecule is CC(NCCc1ccc(O)cc1)c1nccs1. The molecule has 1 heterocycles. The molecule has 0 saturated carbocycles. The number of nitrogens with one attached hydrogen (secondary N) is 1. The van der Waals surface area contributed by atoms with Crippen molar-refractivity contribution in [3.8, 4) is 5.75 Å². The Hall–Kier alpha value is -1.39. The monoisotopic (exact) mass is 248 g/mol. The zero-order chi connectivity index (χ0) is 12.1. The summed E-state index contributed by atoms with van der Waals surface area (Å²) in [7, 11) is 0. The van der Waals surface area contributed by atoms with Crippen molar-refractivity contribution in [3.05, 3.63) is 46.4 Å². The predicted octanol–water partition coefficient (Wildman–Crippen LogP) is 2.74. The van der Waals surface area contributed by atoms with Crippen molar-refractivity contribution in [2.24, 2.45) is 0 Å². The third kappa shape index (κ3) is 3.54. The molecule has 2 rings (SSSR count). The molecular formula is C13H16N2OS. The van der Waals surface area contributed by atoms with Crippen LogP contribution in [-0.2, 0) is 6.42 Å². The number of phenolic OH excluding ortho intramolecular Hbond substituents is 1. The molecule has 1 aromatic heterocycles. The third-order valence-corrected chi connectivity index (χ3v) is 3.58. The molecule has 2 N–H and O–H groups in total. The molecule has 1 atom stereocenters. The summed E-state index contributed by atoms with van der Waals surface area (Å²) < 4.78 is 0. The zero-order valence-electron chi connectivity index (χ0n) is 9.76. The van der Waals surface area contributed by atoms with Crippen molar-refractivity contribution in [1.82, 2.24) is 10.3 Å². The number of hydrogen-bond acceptors (Lipinski definition) is 4. The topological polar surface area (TPSA) is 45.1 Å². The molecule has 0 spiro atoms. The number of hydrogen-bond donors (Lipinski definition) is 2. The number of aromatic hydroxyl groups is 1. The summed E-state index contributed by atoms with van der Waals surface area (Å²) in [5.41, 5.74) is 1.22. The largest absolute Gasteiger partial charge is 0.508 e. The summed E-state index contributed by atoms with van der Waals surface area (Å²) in [6.07, 6.45) is 2.79. The van der Waals surface area contributed by atoms with Crippen LogP contribution in [0, 0.1) is 0 Å². The minimum atomic E-state index is 0.298. The molecule has 2 aromatic rings. The van der Waals surface area contributed by atoms with Crippen LogP contribution >= 0.6 is 11.3 Å². The van der Waals surface area contributed by atoms with Crippen molar-refractivity contribution in [2.45, 2.75) is 19.4 Å². The van der Waals surface area contributed by atoms with Crippen LogP contribution in [0.1, 0.15) is 23.5 Å². The van der Waals surface area contributed by atoms with Crippen LogP contribution in [0.2, 0.25) is 0 Å². The van der Waals surface area contributed by atoms with E-state index in [0.29, 0.717) is 11.8 Å². The van der Waals surface area contributed by atoms with Crippen LogP contribution in [-0.4, -0.2) is 16.6 Å². The van der Waals surface area contributed by atoms with Gasteiger partial charge in [0.05, 0.1) is 6.04 Å². The highest BCUT2D eigenvalue weighted by atomic mass is 32.1. The summed E-state index contributed by atoms with van der Waals surface area (Å²) in [5.74, 6) is 0.317. The number of thiazole rings is 1. The van der Waals surface area contributed by atoms with Crippen molar-refractivity contribution >= 4 is 11.3 Å². The Morgan fingerprint density at radius 3 is 2.76 bits per heavy atom. The number of aromatic nitrogens is 1. The fourth-order valence-corrected chi connectivity index (χ4v) is 2.30. The summed E-state index contributed by atoms with van der Waals surface area (Å²) in [5, 5.41) is 15.7. The Morgan fingerprint density at radius 1 is 1.35 bits per heavy atom. The highest BCUT2D eigenvalue weighted by Gasteiger charge is 2.06. The van der Waals surface area contributed by atoms with E-state index in [1.165, 1.54) is 5.56 Å². The van der Waals surface area contributed by atoms with Gasteiger partial charge in [-0.25, -0.2) is 4.98 Å². The number of benzene rings is 1. The lowest BCUT2D eigenvalue weighted by molar-refractivity contribution is 0.475.